The third kappa shape index (κ3) is 5.89. The van der Waals surface area contributed by atoms with Crippen molar-refractivity contribution < 1.29 is 14.3 Å². The van der Waals surface area contributed by atoms with Gasteiger partial charge in [-0.2, -0.15) is 0 Å². The molecule has 0 spiro atoms. The lowest BCUT2D eigenvalue weighted by atomic mass is 10.3. The van der Waals surface area contributed by atoms with Gasteiger partial charge >= 0.3 is 5.97 Å². The Morgan fingerprint density at radius 3 is 2.77 bits per heavy atom. The van der Waals surface area contributed by atoms with Crippen molar-refractivity contribution in [3.63, 3.8) is 0 Å². The van der Waals surface area contributed by atoms with Gasteiger partial charge in [0.2, 0.25) is 5.91 Å². The maximum absolute atomic E-state index is 12.4. The van der Waals surface area contributed by atoms with E-state index in [0.717, 1.165) is 24.4 Å². The normalized spacial score (nSPS) is 10.9. The molecule has 11 heteroatoms. The Morgan fingerprint density at radius 2 is 2.07 bits per heavy atom. The number of thioether (sulfide) groups is 1. The van der Waals surface area contributed by atoms with Gasteiger partial charge in [0.1, 0.15) is 0 Å². The predicted molar refractivity (Wildman–Crippen MR) is 120 cm³/mol. The van der Waals surface area contributed by atoms with Gasteiger partial charge in [0.25, 0.3) is 0 Å². The molecule has 3 aromatic rings. The number of carbonyl (C=O) groups is 2. The number of rotatable bonds is 10. The minimum absolute atomic E-state index is 0.0971. The Balaban J connectivity index is 1.59. The highest BCUT2D eigenvalue weighted by atomic mass is 32.2. The quantitative estimate of drug-likeness (QED) is 0.357. The van der Waals surface area contributed by atoms with Gasteiger partial charge in [-0.3, -0.25) is 9.59 Å². The summed E-state index contributed by atoms with van der Waals surface area (Å²) in [5, 5.41) is 16.4. The number of ether oxygens (including phenoxy) is 1. The largest absolute Gasteiger partial charge is 0.466 e. The summed E-state index contributed by atoms with van der Waals surface area (Å²) in [6.45, 7) is 7.03. The summed E-state index contributed by atoms with van der Waals surface area (Å²) in [6.07, 6.45) is 1.04. The Kier molecular flexibility index (Phi) is 8.00. The molecule has 0 aliphatic carbocycles. The van der Waals surface area contributed by atoms with Crippen LogP contribution in [0.2, 0.25) is 0 Å². The highest BCUT2D eigenvalue weighted by Crippen LogP contribution is 2.28. The van der Waals surface area contributed by atoms with Crippen LogP contribution in [0.5, 0.6) is 0 Å². The molecule has 0 atom stereocenters. The molecule has 1 amide bonds. The summed E-state index contributed by atoms with van der Waals surface area (Å²) >= 11 is 4.30. The Bertz CT molecular complexity index is 1010. The zero-order chi connectivity index (χ0) is 21.5. The third-order valence-corrected chi connectivity index (χ3v) is 6.55. The van der Waals surface area contributed by atoms with E-state index in [1.54, 1.807) is 23.6 Å². The zero-order valence-electron chi connectivity index (χ0n) is 17.0. The summed E-state index contributed by atoms with van der Waals surface area (Å²) in [5.74, 6) is 0.504. The lowest BCUT2D eigenvalue weighted by Gasteiger charge is -2.07. The van der Waals surface area contributed by atoms with Gasteiger partial charge in [-0.25, -0.2) is 4.98 Å². The molecular weight excluding hydrogens is 442 g/mol. The molecule has 0 saturated heterocycles. The number of thiazole rings is 1. The van der Waals surface area contributed by atoms with E-state index >= 15 is 0 Å². The number of carbonyl (C=O) groups excluding carboxylic acids is 2. The van der Waals surface area contributed by atoms with Crippen LogP contribution in [0.1, 0.15) is 30.8 Å². The molecule has 0 radical (unpaired) electrons. The van der Waals surface area contributed by atoms with Crippen LogP contribution in [0.15, 0.2) is 22.0 Å². The van der Waals surface area contributed by atoms with Crippen LogP contribution in [0.4, 0.5) is 5.13 Å². The van der Waals surface area contributed by atoms with Crippen molar-refractivity contribution in [2.24, 2.45) is 0 Å². The number of amides is 1. The number of esters is 1. The van der Waals surface area contributed by atoms with Crippen molar-refractivity contribution in [2.75, 3.05) is 17.7 Å². The van der Waals surface area contributed by atoms with Gasteiger partial charge in [0, 0.05) is 27.7 Å². The molecule has 0 aromatic carbocycles. The molecule has 0 aliphatic rings. The second kappa shape index (κ2) is 10.7. The van der Waals surface area contributed by atoms with Crippen LogP contribution >= 0.6 is 34.4 Å². The highest BCUT2D eigenvalue weighted by Gasteiger charge is 2.17. The van der Waals surface area contributed by atoms with E-state index in [0.29, 0.717) is 22.6 Å². The first kappa shape index (κ1) is 22.4. The van der Waals surface area contributed by atoms with Gasteiger partial charge in [0.15, 0.2) is 16.1 Å². The van der Waals surface area contributed by atoms with E-state index in [4.69, 9.17) is 4.74 Å². The molecule has 30 heavy (non-hydrogen) atoms. The molecule has 3 rings (SSSR count). The number of thiophene rings is 1. The average Bonchev–Trinajstić information content (AvgIpc) is 3.41. The second-order valence-corrected chi connectivity index (χ2v) is 9.28. The molecule has 0 fully saturated rings. The lowest BCUT2D eigenvalue weighted by Crippen LogP contribution is -2.15. The molecule has 0 saturated carbocycles. The second-order valence-electron chi connectivity index (χ2n) is 6.37. The Labute approximate surface area is 187 Å². The first-order valence-electron chi connectivity index (χ1n) is 9.51. The van der Waals surface area contributed by atoms with Crippen LogP contribution < -0.4 is 5.32 Å². The van der Waals surface area contributed by atoms with Crippen LogP contribution in [0.25, 0.3) is 11.4 Å². The van der Waals surface area contributed by atoms with Crippen molar-refractivity contribution >= 4 is 51.4 Å². The predicted octanol–water partition coefficient (Wildman–Crippen LogP) is 4.02. The Hall–Kier alpha value is -2.24. The van der Waals surface area contributed by atoms with Gasteiger partial charge in [-0.05, 0) is 26.3 Å². The zero-order valence-corrected chi connectivity index (χ0v) is 19.5. The number of aromatic nitrogens is 4. The summed E-state index contributed by atoms with van der Waals surface area (Å²) in [5.41, 5.74) is 1.63. The van der Waals surface area contributed by atoms with E-state index in [1.807, 2.05) is 0 Å². The minimum Gasteiger partial charge on any atom is -0.466 e. The molecule has 1 N–H and O–H groups in total. The number of anilines is 1. The molecule has 3 aromatic heterocycles. The fourth-order valence-electron chi connectivity index (χ4n) is 2.69. The molecule has 3 heterocycles. The number of nitrogens with one attached hydrogen (secondary N) is 1. The summed E-state index contributed by atoms with van der Waals surface area (Å²) in [7, 11) is 0. The number of hydrogen-bond donors (Lipinski definition) is 1. The molecule has 160 valence electrons. The first-order chi connectivity index (χ1) is 14.5. The summed E-state index contributed by atoms with van der Waals surface area (Å²) in [6, 6.07) is 2.10. The van der Waals surface area contributed by atoms with E-state index in [-0.39, 0.29) is 24.1 Å². The number of aryl methyl sites for hydroxylation is 1. The maximum atomic E-state index is 12.4. The monoisotopic (exact) mass is 465 g/mol. The first-order valence-corrected chi connectivity index (χ1v) is 12.3. The van der Waals surface area contributed by atoms with Crippen molar-refractivity contribution in [2.45, 2.75) is 45.3 Å². The van der Waals surface area contributed by atoms with E-state index in [2.05, 4.69) is 50.4 Å². The average molecular weight is 466 g/mol. The maximum Gasteiger partial charge on any atom is 0.311 e. The van der Waals surface area contributed by atoms with Crippen molar-refractivity contribution in [1.82, 2.24) is 19.7 Å². The fourth-order valence-corrected chi connectivity index (χ4v) is 4.86. The molecule has 0 aliphatic heterocycles. The van der Waals surface area contributed by atoms with E-state index in [1.165, 1.54) is 28.0 Å². The Morgan fingerprint density at radius 1 is 1.23 bits per heavy atom. The molecule has 0 unspecified atom stereocenters. The van der Waals surface area contributed by atoms with Crippen LogP contribution in [-0.4, -0.2) is 44.0 Å². The van der Waals surface area contributed by atoms with E-state index < -0.39 is 0 Å². The summed E-state index contributed by atoms with van der Waals surface area (Å²) in [4.78, 5) is 29.4. The van der Waals surface area contributed by atoms with Crippen LogP contribution in [0.3, 0.4) is 0 Å². The van der Waals surface area contributed by atoms with Gasteiger partial charge < -0.3 is 14.6 Å². The van der Waals surface area contributed by atoms with E-state index in [9.17, 15) is 9.59 Å². The molecule has 0 bridgehead atoms. The van der Waals surface area contributed by atoms with Gasteiger partial charge in [-0.1, -0.05) is 18.7 Å². The number of nitrogens with zero attached hydrogens (tertiary/aromatic N) is 4. The highest BCUT2D eigenvalue weighted by molar-refractivity contribution is 7.99. The summed E-state index contributed by atoms with van der Waals surface area (Å²) < 4.78 is 6.97. The fraction of sp³-hybridized carbons (Fsp3) is 0.421. The van der Waals surface area contributed by atoms with Crippen LogP contribution in [0, 0.1) is 6.92 Å². The lowest BCUT2D eigenvalue weighted by molar-refractivity contribution is -0.142. The SMILES string of the molecule is CCCn1c(SCC(=O)Nc2nc(CC(=O)OCC)cs2)nnc1-c1csc(C)c1. The van der Waals surface area contributed by atoms with Gasteiger partial charge in [0.05, 0.1) is 24.5 Å². The molecule has 8 nitrogen and oxygen atoms in total. The minimum atomic E-state index is -0.330. The standard InChI is InChI=1S/C19H23N5O3S3/c1-4-6-24-17(13-7-12(3)28-9-13)22-23-19(24)30-11-15(25)21-18-20-14(10-29-18)8-16(26)27-5-2/h7,9-10H,4-6,8,11H2,1-3H3,(H,20,21,25). The van der Waals surface area contributed by atoms with Crippen molar-refractivity contribution in [3.05, 3.63) is 27.4 Å². The smallest absolute Gasteiger partial charge is 0.311 e. The molecular formula is C19H23N5O3S3. The van der Waals surface area contributed by atoms with Crippen LogP contribution in [-0.2, 0) is 27.3 Å². The van der Waals surface area contributed by atoms with Gasteiger partial charge in [-0.15, -0.1) is 32.9 Å². The van der Waals surface area contributed by atoms with Crippen molar-refractivity contribution in [1.29, 1.82) is 0 Å². The topological polar surface area (TPSA) is 99.0 Å². The van der Waals surface area contributed by atoms with Crippen molar-refractivity contribution in [3.8, 4) is 11.4 Å². The number of hydrogen-bond acceptors (Lipinski definition) is 9. The third-order valence-electron chi connectivity index (χ3n) is 3.91.